The Morgan fingerprint density at radius 2 is 2.19 bits per heavy atom. The average molecular weight is 295 g/mol. The summed E-state index contributed by atoms with van der Waals surface area (Å²) >= 11 is 0. The average Bonchev–Trinajstić information content (AvgIpc) is 2.86. The quantitative estimate of drug-likeness (QED) is 0.524. The molecule has 1 atom stereocenters. The number of carbonyl (C=O) groups is 2. The molecule has 21 heavy (non-hydrogen) atoms. The Morgan fingerprint density at radius 3 is 2.90 bits per heavy atom. The molecule has 0 saturated carbocycles. The summed E-state index contributed by atoms with van der Waals surface area (Å²) < 4.78 is 5.30. The summed E-state index contributed by atoms with van der Waals surface area (Å²) in [6.07, 6.45) is 2.95. The summed E-state index contributed by atoms with van der Waals surface area (Å²) in [7, 11) is 0. The highest BCUT2D eigenvalue weighted by Gasteiger charge is 2.33. The first-order chi connectivity index (χ1) is 10.2. The summed E-state index contributed by atoms with van der Waals surface area (Å²) in [4.78, 5) is 27.8. The highest BCUT2D eigenvalue weighted by molar-refractivity contribution is 5.89. The number of hydrogen-bond acceptors (Lipinski definition) is 4. The van der Waals surface area contributed by atoms with Gasteiger partial charge in [-0.25, -0.2) is 0 Å². The number of nitrogens with one attached hydrogen (secondary N) is 1. The van der Waals surface area contributed by atoms with Crippen LogP contribution in [0.5, 0.6) is 0 Å². The van der Waals surface area contributed by atoms with Gasteiger partial charge in [-0.2, -0.15) is 0 Å². The van der Waals surface area contributed by atoms with Crippen molar-refractivity contribution in [1.29, 1.82) is 0 Å². The normalized spacial score (nSPS) is 23.3. The van der Waals surface area contributed by atoms with E-state index in [1.54, 1.807) is 11.0 Å². The molecule has 2 aliphatic rings. The lowest BCUT2D eigenvalue weighted by atomic mass is 10.1. The van der Waals surface area contributed by atoms with Crippen molar-refractivity contribution >= 4 is 11.8 Å². The zero-order chi connectivity index (χ0) is 15.1. The third kappa shape index (κ3) is 4.82. The molecule has 118 valence electrons. The van der Waals surface area contributed by atoms with Gasteiger partial charge in [0.1, 0.15) is 0 Å². The molecule has 0 spiro atoms. The third-order valence-electron chi connectivity index (χ3n) is 3.99. The Bertz CT molecular complexity index is 380. The molecule has 2 heterocycles. The van der Waals surface area contributed by atoms with E-state index < -0.39 is 0 Å². The van der Waals surface area contributed by atoms with Crippen LogP contribution in [0.1, 0.15) is 12.8 Å². The summed E-state index contributed by atoms with van der Waals surface area (Å²) in [5, 5.41) is 2.95. The van der Waals surface area contributed by atoms with Crippen LogP contribution in [0.25, 0.3) is 0 Å². The van der Waals surface area contributed by atoms with E-state index in [1.165, 1.54) is 0 Å². The molecule has 2 aliphatic heterocycles. The lowest BCUT2D eigenvalue weighted by molar-refractivity contribution is -0.128. The zero-order valence-corrected chi connectivity index (χ0v) is 12.6. The molecule has 2 fully saturated rings. The fourth-order valence-electron chi connectivity index (χ4n) is 2.76. The molecule has 0 aromatic rings. The zero-order valence-electron chi connectivity index (χ0n) is 12.6. The van der Waals surface area contributed by atoms with Gasteiger partial charge in [0.25, 0.3) is 0 Å². The van der Waals surface area contributed by atoms with Crippen molar-refractivity contribution in [2.24, 2.45) is 5.92 Å². The lowest BCUT2D eigenvalue weighted by Gasteiger charge is -2.26. The number of hydrogen-bond donors (Lipinski definition) is 1. The first-order valence-corrected chi connectivity index (χ1v) is 7.67. The topological polar surface area (TPSA) is 61.9 Å². The molecular weight excluding hydrogens is 270 g/mol. The minimum absolute atomic E-state index is 0.00288. The van der Waals surface area contributed by atoms with Crippen molar-refractivity contribution in [3.63, 3.8) is 0 Å². The molecular formula is C15H25N3O3. The summed E-state index contributed by atoms with van der Waals surface area (Å²) in [5.74, 6) is -0.166. The van der Waals surface area contributed by atoms with E-state index in [9.17, 15) is 9.59 Å². The largest absolute Gasteiger partial charge is 0.379 e. The molecule has 0 bridgehead atoms. The molecule has 2 amide bonds. The minimum Gasteiger partial charge on any atom is -0.379 e. The first-order valence-electron chi connectivity index (χ1n) is 7.67. The Balaban J connectivity index is 1.61. The van der Waals surface area contributed by atoms with E-state index in [2.05, 4.69) is 16.8 Å². The number of likely N-dealkylation sites (tertiary alicyclic amines) is 1. The van der Waals surface area contributed by atoms with Gasteiger partial charge in [0.05, 0.1) is 19.1 Å². The van der Waals surface area contributed by atoms with Gasteiger partial charge in [-0.15, -0.1) is 6.58 Å². The van der Waals surface area contributed by atoms with Crippen LogP contribution in [0.2, 0.25) is 0 Å². The molecule has 6 heteroatoms. The second kappa shape index (κ2) is 8.14. The Hall–Kier alpha value is -1.40. The second-order valence-electron chi connectivity index (χ2n) is 5.59. The van der Waals surface area contributed by atoms with Crippen LogP contribution in [-0.4, -0.2) is 74.1 Å². The maximum absolute atomic E-state index is 12.0. The Kier molecular flexibility index (Phi) is 6.20. The van der Waals surface area contributed by atoms with Crippen LogP contribution < -0.4 is 5.32 Å². The number of nitrogens with zero attached hydrogens (tertiary/aromatic N) is 2. The monoisotopic (exact) mass is 295 g/mol. The summed E-state index contributed by atoms with van der Waals surface area (Å²) in [6.45, 7) is 9.87. The van der Waals surface area contributed by atoms with Crippen LogP contribution in [0.3, 0.4) is 0 Å². The number of ether oxygens (including phenoxy) is 1. The SMILES string of the molecule is C=CCN1CC(C(=O)NCCCN2CCOCC2)CC1=O. The van der Waals surface area contributed by atoms with Crippen LogP contribution in [-0.2, 0) is 14.3 Å². The van der Waals surface area contributed by atoms with Crippen LogP contribution in [0.4, 0.5) is 0 Å². The standard InChI is InChI=1S/C15H25N3O3/c1-2-5-18-12-13(11-14(18)19)15(20)16-4-3-6-17-7-9-21-10-8-17/h2,13H,1,3-12H2,(H,16,20). The van der Waals surface area contributed by atoms with E-state index in [4.69, 9.17) is 4.74 Å². The van der Waals surface area contributed by atoms with Gasteiger partial charge in [0.2, 0.25) is 11.8 Å². The third-order valence-corrected chi connectivity index (χ3v) is 3.99. The van der Waals surface area contributed by atoms with E-state index in [-0.39, 0.29) is 17.7 Å². The van der Waals surface area contributed by atoms with Gasteiger partial charge in [-0.3, -0.25) is 14.5 Å². The molecule has 0 aromatic carbocycles. The first kappa shape index (κ1) is 16.0. The summed E-state index contributed by atoms with van der Waals surface area (Å²) in [6, 6.07) is 0. The smallest absolute Gasteiger partial charge is 0.225 e. The van der Waals surface area contributed by atoms with E-state index >= 15 is 0 Å². The van der Waals surface area contributed by atoms with E-state index in [1.807, 2.05) is 0 Å². The molecule has 0 aromatic heterocycles. The van der Waals surface area contributed by atoms with Crippen LogP contribution in [0.15, 0.2) is 12.7 Å². The number of amides is 2. The van der Waals surface area contributed by atoms with Gasteiger partial charge < -0.3 is 15.0 Å². The number of rotatable bonds is 7. The van der Waals surface area contributed by atoms with Crippen molar-refractivity contribution in [3.8, 4) is 0 Å². The fourth-order valence-corrected chi connectivity index (χ4v) is 2.76. The van der Waals surface area contributed by atoms with E-state index in [0.717, 1.165) is 39.3 Å². The van der Waals surface area contributed by atoms with Crippen LogP contribution >= 0.6 is 0 Å². The molecule has 0 radical (unpaired) electrons. The molecule has 1 N–H and O–H groups in total. The summed E-state index contributed by atoms with van der Waals surface area (Å²) in [5.41, 5.74) is 0. The fraction of sp³-hybridized carbons (Fsp3) is 0.733. The molecule has 1 unspecified atom stereocenters. The minimum atomic E-state index is -0.208. The predicted molar refractivity (Wildman–Crippen MR) is 79.8 cm³/mol. The van der Waals surface area contributed by atoms with Crippen molar-refractivity contribution in [2.75, 3.05) is 52.5 Å². The molecule has 2 saturated heterocycles. The van der Waals surface area contributed by atoms with Crippen molar-refractivity contribution in [1.82, 2.24) is 15.1 Å². The van der Waals surface area contributed by atoms with Crippen molar-refractivity contribution < 1.29 is 14.3 Å². The highest BCUT2D eigenvalue weighted by atomic mass is 16.5. The van der Waals surface area contributed by atoms with Gasteiger partial charge in [-0.1, -0.05) is 6.08 Å². The molecule has 0 aliphatic carbocycles. The Labute approximate surface area is 126 Å². The number of carbonyl (C=O) groups excluding carboxylic acids is 2. The molecule has 2 rings (SSSR count). The van der Waals surface area contributed by atoms with Crippen LogP contribution in [0, 0.1) is 5.92 Å². The second-order valence-corrected chi connectivity index (χ2v) is 5.59. The Morgan fingerprint density at radius 1 is 1.43 bits per heavy atom. The maximum atomic E-state index is 12.0. The predicted octanol–water partition coefficient (Wildman–Crippen LogP) is -0.141. The number of morpholine rings is 1. The lowest BCUT2D eigenvalue weighted by Crippen LogP contribution is -2.39. The van der Waals surface area contributed by atoms with Crippen molar-refractivity contribution in [2.45, 2.75) is 12.8 Å². The highest BCUT2D eigenvalue weighted by Crippen LogP contribution is 2.17. The maximum Gasteiger partial charge on any atom is 0.225 e. The van der Waals surface area contributed by atoms with Gasteiger partial charge >= 0.3 is 0 Å². The van der Waals surface area contributed by atoms with Crippen molar-refractivity contribution in [3.05, 3.63) is 12.7 Å². The van der Waals surface area contributed by atoms with Gasteiger partial charge in [0.15, 0.2) is 0 Å². The molecule has 6 nitrogen and oxygen atoms in total. The van der Waals surface area contributed by atoms with Gasteiger partial charge in [0, 0.05) is 39.1 Å². The van der Waals surface area contributed by atoms with E-state index in [0.29, 0.717) is 26.1 Å². The van der Waals surface area contributed by atoms with Gasteiger partial charge in [-0.05, 0) is 13.0 Å².